The number of hydrogen-bond acceptors (Lipinski definition) is 5. The molecule has 2 aromatic carbocycles. The van der Waals surface area contributed by atoms with Crippen LogP contribution in [-0.2, 0) is 0 Å². The monoisotopic (exact) mass is 270 g/mol. The highest BCUT2D eigenvalue weighted by Crippen LogP contribution is 2.22. The summed E-state index contributed by atoms with van der Waals surface area (Å²) in [5.74, 6) is 0. The van der Waals surface area contributed by atoms with Crippen LogP contribution in [0.2, 0.25) is 0 Å². The van der Waals surface area contributed by atoms with Gasteiger partial charge in [-0.2, -0.15) is 0 Å². The number of aliphatic hydroxyl groups is 3. The number of aliphatic hydroxyl groups excluding tert-OH is 3. The van der Waals surface area contributed by atoms with Gasteiger partial charge in [-0.05, 0) is 22.9 Å². The maximum atomic E-state index is 9.85. The fourth-order valence-electron chi connectivity index (χ4n) is 2.15. The molecule has 20 heavy (non-hydrogen) atoms. The molecule has 0 spiro atoms. The summed E-state index contributed by atoms with van der Waals surface area (Å²) in [4.78, 5) is 8.56. The molecule has 0 aliphatic carbocycles. The van der Waals surface area contributed by atoms with E-state index in [-0.39, 0.29) is 5.69 Å². The van der Waals surface area contributed by atoms with Crippen LogP contribution in [0.3, 0.4) is 0 Å². The van der Waals surface area contributed by atoms with Crippen LogP contribution in [0.5, 0.6) is 0 Å². The second-order valence-corrected chi connectivity index (χ2v) is 4.68. The molecule has 3 aromatic rings. The summed E-state index contributed by atoms with van der Waals surface area (Å²) < 4.78 is 0. The first-order valence-corrected chi connectivity index (χ1v) is 6.31. The average molecular weight is 270 g/mol. The lowest BCUT2D eigenvalue weighted by atomic mass is 10.1. The highest BCUT2D eigenvalue weighted by molar-refractivity contribution is 5.94. The maximum Gasteiger partial charge on any atom is 0.126 e. The van der Waals surface area contributed by atoms with Crippen molar-refractivity contribution in [3.8, 4) is 0 Å². The molecule has 0 fully saturated rings. The number of fused-ring (bicyclic) bond motifs is 2. The van der Waals surface area contributed by atoms with Crippen LogP contribution in [0.25, 0.3) is 21.8 Å². The van der Waals surface area contributed by atoms with Crippen molar-refractivity contribution in [2.75, 3.05) is 6.61 Å². The highest BCUT2D eigenvalue weighted by Gasteiger charge is 2.19. The molecule has 5 heteroatoms. The fourth-order valence-corrected chi connectivity index (χ4v) is 2.15. The lowest BCUT2D eigenvalue weighted by Crippen LogP contribution is -2.23. The third-order valence-corrected chi connectivity index (χ3v) is 3.28. The Kier molecular flexibility index (Phi) is 3.31. The van der Waals surface area contributed by atoms with E-state index in [1.165, 1.54) is 6.20 Å². The smallest absolute Gasteiger partial charge is 0.126 e. The van der Waals surface area contributed by atoms with Gasteiger partial charge in [0.2, 0.25) is 0 Å². The molecule has 102 valence electrons. The van der Waals surface area contributed by atoms with Crippen LogP contribution in [0.1, 0.15) is 11.8 Å². The molecule has 0 bridgehead atoms. The first-order chi connectivity index (χ1) is 9.69. The Hall–Kier alpha value is -2.08. The predicted octanol–water partition coefficient (Wildman–Crippen LogP) is 1.17. The van der Waals surface area contributed by atoms with Gasteiger partial charge < -0.3 is 15.3 Å². The molecule has 0 amide bonds. The number of benzene rings is 2. The van der Waals surface area contributed by atoms with E-state index in [1.807, 2.05) is 36.4 Å². The summed E-state index contributed by atoms with van der Waals surface area (Å²) in [6.07, 6.45) is -1.09. The van der Waals surface area contributed by atoms with E-state index in [0.29, 0.717) is 5.52 Å². The molecule has 3 N–H and O–H groups in total. The van der Waals surface area contributed by atoms with Crippen molar-refractivity contribution in [1.82, 2.24) is 9.97 Å². The van der Waals surface area contributed by atoms with Gasteiger partial charge >= 0.3 is 0 Å². The normalized spacial score (nSPS) is 14.6. The van der Waals surface area contributed by atoms with Gasteiger partial charge in [-0.3, -0.25) is 4.98 Å². The van der Waals surface area contributed by atoms with Crippen LogP contribution in [0, 0.1) is 0 Å². The van der Waals surface area contributed by atoms with Crippen LogP contribution in [0.4, 0.5) is 0 Å². The van der Waals surface area contributed by atoms with E-state index in [9.17, 15) is 10.2 Å². The fraction of sp³-hybridized carbons (Fsp3) is 0.200. The Morgan fingerprint density at radius 1 is 1.00 bits per heavy atom. The minimum Gasteiger partial charge on any atom is -0.394 e. The summed E-state index contributed by atoms with van der Waals surface area (Å²) in [5, 5.41) is 30.3. The zero-order chi connectivity index (χ0) is 14.1. The van der Waals surface area contributed by atoms with Gasteiger partial charge in [0.05, 0.1) is 29.5 Å². The van der Waals surface area contributed by atoms with Gasteiger partial charge in [0, 0.05) is 0 Å². The van der Waals surface area contributed by atoms with Crippen LogP contribution in [-0.4, -0.2) is 38.0 Å². The van der Waals surface area contributed by atoms with Crippen molar-refractivity contribution in [2.45, 2.75) is 12.2 Å². The van der Waals surface area contributed by atoms with Gasteiger partial charge in [-0.25, -0.2) is 4.98 Å². The van der Waals surface area contributed by atoms with Gasteiger partial charge in [0.1, 0.15) is 12.2 Å². The Balaban J connectivity index is 2.12. The molecule has 1 aromatic heterocycles. The molecular formula is C15H14N2O3. The number of rotatable bonds is 3. The largest absolute Gasteiger partial charge is 0.394 e. The summed E-state index contributed by atoms with van der Waals surface area (Å²) in [6, 6.07) is 11.7. The van der Waals surface area contributed by atoms with Crippen molar-refractivity contribution in [3.63, 3.8) is 0 Å². The van der Waals surface area contributed by atoms with Crippen molar-refractivity contribution < 1.29 is 15.3 Å². The molecule has 2 atom stereocenters. The summed E-state index contributed by atoms with van der Waals surface area (Å²) in [6.45, 7) is -0.529. The Morgan fingerprint density at radius 2 is 1.65 bits per heavy atom. The van der Waals surface area contributed by atoms with Crippen LogP contribution < -0.4 is 0 Å². The van der Waals surface area contributed by atoms with Crippen LogP contribution in [0.15, 0.2) is 42.6 Å². The Morgan fingerprint density at radius 3 is 2.30 bits per heavy atom. The minimum absolute atomic E-state index is 0.245. The molecule has 0 aliphatic heterocycles. The topological polar surface area (TPSA) is 86.5 Å². The van der Waals surface area contributed by atoms with Gasteiger partial charge in [0.25, 0.3) is 0 Å². The van der Waals surface area contributed by atoms with Gasteiger partial charge in [0.15, 0.2) is 0 Å². The van der Waals surface area contributed by atoms with Crippen molar-refractivity contribution in [2.24, 2.45) is 0 Å². The molecule has 2 unspecified atom stereocenters. The zero-order valence-corrected chi connectivity index (χ0v) is 10.6. The van der Waals surface area contributed by atoms with E-state index < -0.39 is 18.8 Å². The molecule has 3 rings (SSSR count). The Labute approximate surface area is 115 Å². The van der Waals surface area contributed by atoms with Gasteiger partial charge in [-0.1, -0.05) is 24.3 Å². The van der Waals surface area contributed by atoms with E-state index in [1.54, 1.807) is 0 Å². The number of hydrogen-bond donors (Lipinski definition) is 3. The highest BCUT2D eigenvalue weighted by atomic mass is 16.4. The molecule has 1 heterocycles. The second kappa shape index (κ2) is 5.13. The summed E-state index contributed by atoms with van der Waals surface area (Å²) in [7, 11) is 0. The van der Waals surface area contributed by atoms with Crippen molar-refractivity contribution in [1.29, 1.82) is 0 Å². The van der Waals surface area contributed by atoms with Crippen molar-refractivity contribution >= 4 is 21.8 Å². The lowest BCUT2D eigenvalue weighted by Gasteiger charge is -2.15. The van der Waals surface area contributed by atoms with E-state index in [2.05, 4.69) is 9.97 Å². The quantitative estimate of drug-likeness (QED) is 0.622. The lowest BCUT2D eigenvalue weighted by molar-refractivity contribution is -0.0172. The second-order valence-electron chi connectivity index (χ2n) is 4.68. The van der Waals surface area contributed by atoms with E-state index >= 15 is 0 Å². The predicted molar refractivity (Wildman–Crippen MR) is 75.1 cm³/mol. The molecule has 0 radical (unpaired) electrons. The van der Waals surface area contributed by atoms with E-state index in [0.717, 1.165) is 16.3 Å². The number of nitrogens with zero attached hydrogens (tertiary/aromatic N) is 2. The molecule has 5 nitrogen and oxygen atoms in total. The Bertz CT molecular complexity index is 760. The third kappa shape index (κ3) is 2.22. The first kappa shape index (κ1) is 12.9. The number of aromatic nitrogens is 2. The van der Waals surface area contributed by atoms with Gasteiger partial charge in [-0.15, -0.1) is 0 Å². The molecule has 0 saturated carbocycles. The SMILES string of the molecule is OCC(O)C(O)c1cnc2cc3ccccc3cc2n1. The minimum atomic E-state index is -1.26. The first-order valence-electron chi connectivity index (χ1n) is 6.31. The standard InChI is InChI=1S/C15H14N2O3/c18-8-14(19)15(20)13-7-16-11-5-9-3-1-2-4-10(9)6-12(11)17-13/h1-7,14-15,18-20H,8H2. The third-order valence-electron chi connectivity index (χ3n) is 3.28. The van der Waals surface area contributed by atoms with Crippen LogP contribution >= 0.6 is 0 Å². The summed E-state index contributed by atoms with van der Waals surface area (Å²) >= 11 is 0. The maximum absolute atomic E-state index is 9.85. The zero-order valence-electron chi connectivity index (χ0n) is 10.6. The van der Waals surface area contributed by atoms with Crippen molar-refractivity contribution in [3.05, 3.63) is 48.3 Å². The average Bonchev–Trinajstić information content (AvgIpc) is 2.50. The van der Waals surface area contributed by atoms with E-state index in [4.69, 9.17) is 5.11 Å². The molecule has 0 aliphatic rings. The molecular weight excluding hydrogens is 256 g/mol. The molecule has 0 saturated heterocycles. The summed E-state index contributed by atoms with van der Waals surface area (Å²) in [5.41, 5.74) is 1.61.